The summed E-state index contributed by atoms with van der Waals surface area (Å²) in [6, 6.07) is 6.51. The highest BCUT2D eigenvalue weighted by Gasteiger charge is 2.28. The van der Waals surface area contributed by atoms with Gasteiger partial charge in [0.2, 0.25) is 0 Å². The van der Waals surface area contributed by atoms with Gasteiger partial charge in [0.15, 0.2) is 0 Å². The van der Waals surface area contributed by atoms with Gasteiger partial charge in [-0.25, -0.2) is 0 Å². The number of anilines is 1. The Morgan fingerprint density at radius 2 is 2.26 bits per heavy atom. The molecule has 0 radical (unpaired) electrons. The fourth-order valence-electron chi connectivity index (χ4n) is 2.75. The molecular formula is C15H18N2OS. The van der Waals surface area contributed by atoms with Crippen LogP contribution in [0.25, 0.3) is 10.1 Å². The molecule has 0 aliphatic carbocycles. The highest BCUT2D eigenvalue weighted by molar-refractivity contribution is 7.21. The molecule has 1 fully saturated rings. The van der Waals surface area contributed by atoms with Crippen LogP contribution in [0.1, 0.15) is 35.0 Å². The van der Waals surface area contributed by atoms with Gasteiger partial charge in [-0.1, -0.05) is 11.6 Å². The van der Waals surface area contributed by atoms with Crippen LogP contribution < -0.4 is 5.73 Å². The van der Waals surface area contributed by atoms with Gasteiger partial charge in [-0.2, -0.15) is 0 Å². The third kappa shape index (κ3) is 2.00. The molecule has 1 aliphatic heterocycles. The molecule has 1 amide bonds. The maximum absolute atomic E-state index is 12.6. The van der Waals surface area contributed by atoms with E-state index < -0.39 is 0 Å². The van der Waals surface area contributed by atoms with E-state index in [9.17, 15) is 4.79 Å². The first-order valence-electron chi connectivity index (χ1n) is 6.67. The second kappa shape index (κ2) is 4.53. The Morgan fingerprint density at radius 1 is 1.47 bits per heavy atom. The molecule has 100 valence electrons. The Balaban J connectivity index is 2.05. The van der Waals surface area contributed by atoms with Crippen molar-refractivity contribution < 1.29 is 4.79 Å². The van der Waals surface area contributed by atoms with Crippen LogP contribution in [0.5, 0.6) is 0 Å². The number of carbonyl (C=O) groups excluding carboxylic acids is 1. The Morgan fingerprint density at radius 3 is 2.95 bits per heavy atom. The third-order valence-corrected chi connectivity index (χ3v) is 5.06. The molecule has 2 aromatic rings. The van der Waals surface area contributed by atoms with Crippen molar-refractivity contribution in [2.75, 3.05) is 12.3 Å². The number of thiophene rings is 1. The number of rotatable bonds is 1. The van der Waals surface area contributed by atoms with Gasteiger partial charge in [-0.3, -0.25) is 4.79 Å². The average Bonchev–Trinajstić information content (AvgIpc) is 2.94. The van der Waals surface area contributed by atoms with E-state index in [0.29, 0.717) is 16.6 Å². The number of aryl methyl sites for hydroxylation is 1. The predicted octanol–water partition coefficient (Wildman–Crippen LogP) is 3.42. The van der Waals surface area contributed by atoms with Gasteiger partial charge in [0, 0.05) is 22.7 Å². The standard InChI is InChI=1S/C15H18N2OS/c1-9-5-6-12-11(8-9)13(16)14(19-12)15(18)17-7-3-4-10(17)2/h5-6,8,10H,3-4,7,16H2,1-2H3. The number of carbonyl (C=O) groups is 1. The van der Waals surface area contributed by atoms with Crippen molar-refractivity contribution in [2.45, 2.75) is 32.7 Å². The zero-order valence-electron chi connectivity index (χ0n) is 11.3. The summed E-state index contributed by atoms with van der Waals surface area (Å²) in [6.07, 6.45) is 2.19. The topological polar surface area (TPSA) is 46.3 Å². The number of amides is 1. The molecule has 1 unspecified atom stereocenters. The number of fused-ring (bicyclic) bond motifs is 1. The molecule has 2 heterocycles. The molecule has 0 bridgehead atoms. The largest absolute Gasteiger partial charge is 0.397 e. The summed E-state index contributed by atoms with van der Waals surface area (Å²) in [5, 5.41) is 1.01. The first kappa shape index (κ1) is 12.5. The van der Waals surface area contributed by atoms with Crippen molar-refractivity contribution >= 4 is 33.0 Å². The summed E-state index contributed by atoms with van der Waals surface area (Å²) in [4.78, 5) is 15.2. The van der Waals surface area contributed by atoms with Gasteiger partial charge < -0.3 is 10.6 Å². The predicted molar refractivity (Wildman–Crippen MR) is 80.7 cm³/mol. The van der Waals surface area contributed by atoms with Crippen LogP contribution in [0.3, 0.4) is 0 Å². The maximum Gasteiger partial charge on any atom is 0.266 e. The Hall–Kier alpha value is -1.55. The molecule has 4 heteroatoms. The lowest BCUT2D eigenvalue weighted by atomic mass is 10.1. The molecular weight excluding hydrogens is 256 g/mol. The van der Waals surface area contributed by atoms with Crippen LogP contribution in [0.15, 0.2) is 18.2 Å². The molecule has 0 saturated carbocycles. The van der Waals surface area contributed by atoms with Gasteiger partial charge >= 0.3 is 0 Å². The molecule has 1 aromatic heterocycles. The van der Waals surface area contributed by atoms with Gasteiger partial charge in [-0.15, -0.1) is 11.3 Å². The number of benzene rings is 1. The summed E-state index contributed by atoms with van der Waals surface area (Å²) in [5.74, 6) is 0.0985. The quantitative estimate of drug-likeness (QED) is 0.866. The van der Waals surface area contributed by atoms with E-state index in [0.717, 1.165) is 29.5 Å². The van der Waals surface area contributed by atoms with Crippen molar-refractivity contribution in [3.63, 3.8) is 0 Å². The molecule has 1 atom stereocenters. The fourth-order valence-corrected chi connectivity index (χ4v) is 3.81. The van der Waals surface area contributed by atoms with Crippen LogP contribution in [0, 0.1) is 6.92 Å². The van der Waals surface area contributed by atoms with E-state index in [1.54, 1.807) is 0 Å². The molecule has 1 aromatic carbocycles. The first-order chi connectivity index (χ1) is 9.08. The zero-order valence-corrected chi connectivity index (χ0v) is 12.1. The van der Waals surface area contributed by atoms with Crippen LogP contribution in [0.2, 0.25) is 0 Å². The number of nitrogens with zero attached hydrogens (tertiary/aromatic N) is 1. The second-order valence-corrected chi connectivity index (χ2v) is 6.39. The van der Waals surface area contributed by atoms with Crippen LogP contribution >= 0.6 is 11.3 Å². The lowest BCUT2D eigenvalue weighted by Gasteiger charge is -2.20. The minimum Gasteiger partial charge on any atom is -0.397 e. The van der Waals surface area contributed by atoms with Crippen molar-refractivity contribution in [1.82, 2.24) is 4.90 Å². The monoisotopic (exact) mass is 274 g/mol. The van der Waals surface area contributed by atoms with Crippen LogP contribution in [-0.2, 0) is 0 Å². The maximum atomic E-state index is 12.6. The normalized spacial score (nSPS) is 19.3. The molecule has 0 spiro atoms. The number of hydrogen-bond donors (Lipinski definition) is 1. The van der Waals surface area contributed by atoms with Gasteiger partial charge in [-0.05, 0) is 38.8 Å². The SMILES string of the molecule is Cc1ccc2sc(C(=O)N3CCCC3C)c(N)c2c1. The number of nitrogen functional groups attached to an aromatic ring is 1. The summed E-state index contributed by atoms with van der Waals surface area (Å²) >= 11 is 1.51. The number of nitrogens with two attached hydrogens (primary N) is 1. The molecule has 1 aliphatic rings. The summed E-state index contributed by atoms with van der Waals surface area (Å²) in [7, 11) is 0. The number of likely N-dealkylation sites (tertiary alicyclic amines) is 1. The van der Waals surface area contributed by atoms with Crippen molar-refractivity contribution in [2.24, 2.45) is 0 Å². The lowest BCUT2D eigenvalue weighted by molar-refractivity contribution is 0.0753. The van der Waals surface area contributed by atoms with Crippen LogP contribution in [-0.4, -0.2) is 23.4 Å². The number of hydrogen-bond acceptors (Lipinski definition) is 3. The highest BCUT2D eigenvalue weighted by atomic mass is 32.1. The summed E-state index contributed by atoms with van der Waals surface area (Å²) in [5.41, 5.74) is 8.00. The molecule has 3 nitrogen and oxygen atoms in total. The summed E-state index contributed by atoms with van der Waals surface area (Å²) < 4.78 is 1.10. The minimum absolute atomic E-state index is 0.0985. The zero-order chi connectivity index (χ0) is 13.6. The van der Waals surface area contributed by atoms with Crippen molar-refractivity contribution in [3.05, 3.63) is 28.6 Å². The van der Waals surface area contributed by atoms with E-state index >= 15 is 0 Å². The van der Waals surface area contributed by atoms with Crippen molar-refractivity contribution in [1.29, 1.82) is 0 Å². The average molecular weight is 274 g/mol. The summed E-state index contributed by atoms with van der Waals surface area (Å²) in [6.45, 7) is 5.01. The fraction of sp³-hybridized carbons (Fsp3) is 0.400. The Bertz CT molecular complexity index is 647. The van der Waals surface area contributed by atoms with E-state index in [-0.39, 0.29) is 5.91 Å². The molecule has 1 saturated heterocycles. The second-order valence-electron chi connectivity index (χ2n) is 5.33. The smallest absolute Gasteiger partial charge is 0.266 e. The van der Waals surface area contributed by atoms with Crippen LogP contribution in [0.4, 0.5) is 5.69 Å². The van der Waals surface area contributed by atoms with Gasteiger partial charge in [0.25, 0.3) is 5.91 Å². The lowest BCUT2D eigenvalue weighted by Crippen LogP contribution is -2.33. The van der Waals surface area contributed by atoms with E-state index in [1.807, 2.05) is 11.8 Å². The molecule has 3 rings (SSSR count). The molecule has 2 N–H and O–H groups in total. The van der Waals surface area contributed by atoms with E-state index in [4.69, 9.17) is 5.73 Å². The Kier molecular flexibility index (Phi) is 2.97. The highest BCUT2D eigenvalue weighted by Crippen LogP contribution is 2.36. The third-order valence-electron chi connectivity index (χ3n) is 3.89. The van der Waals surface area contributed by atoms with Crippen molar-refractivity contribution in [3.8, 4) is 0 Å². The van der Waals surface area contributed by atoms with Gasteiger partial charge in [0.05, 0.1) is 5.69 Å². The minimum atomic E-state index is 0.0985. The van der Waals surface area contributed by atoms with E-state index in [2.05, 4.69) is 25.1 Å². The molecule has 19 heavy (non-hydrogen) atoms. The first-order valence-corrected chi connectivity index (χ1v) is 7.49. The Labute approximate surface area is 117 Å². The van der Waals surface area contributed by atoms with Gasteiger partial charge in [0.1, 0.15) is 4.88 Å². The van der Waals surface area contributed by atoms with E-state index in [1.165, 1.54) is 16.9 Å².